The number of hydrogen-bond donors (Lipinski definition) is 0. The van der Waals surface area contributed by atoms with Gasteiger partial charge in [-0.05, 0) is 66.0 Å². The average Bonchev–Trinajstić information content (AvgIpc) is 3.35. The topological polar surface area (TPSA) is 48.0 Å². The van der Waals surface area contributed by atoms with Gasteiger partial charge >= 0.3 is 0 Å². The predicted molar refractivity (Wildman–Crippen MR) is 135 cm³/mol. The number of nitrogens with zero attached hydrogens (tertiary/aromatic N) is 1. The van der Waals surface area contributed by atoms with Crippen LogP contribution in [0.3, 0.4) is 0 Å². The van der Waals surface area contributed by atoms with Crippen molar-refractivity contribution in [1.82, 2.24) is 0 Å². The molecule has 0 amide bonds. The lowest BCUT2D eigenvalue weighted by molar-refractivity contribution is -0.130. The van der Waals surface area contributed by atoms with Gasteiger partial charge in [0.15, 0.2) is 5.78 Å². The molecule has 2 radical (unpaired) electrons. The summed E-state index contributed by atoms with van der Waals surface area (Å²) in [4.78, 5) is 15.4. The minimum absolute atomic E-state index is 0.104. The summed E-state index contributed by atoms with van der Waals surface area (Å²) in [5.74, 6) is 1.45. The number of carbonyl (C=O) groups is 1. The highest BCUT2D eigenvalue weighted by atomic mass is 16.5. The highest BCUT2D eigenvalue weighted by Crippen LogP contribution is 2.28. The van der Waals surface area contributed by atoms with Gasteiger partial charge in [0.05, 0.1) is 14.2 Å². The Morgan fingerprint density at radius 1 is 1.09 bits per heavy atom. The van der Waals surface area contributed by atoms with E-state index in [1.54, 1.807) is 21.3 Å². The first-order valence-corrected chi connectivity index (χ1v) is 11.5. The summed E-state index contributed by atoms with van der Waals surface area (Å²) >= 11 is 0. The lowest BCUT2D eigenvalue weighted by Crippen LogP contribution is -2.20. The molecule has 0 aromatic heterocycles. The molecular formula is C27H34BNO4. The average molecular weight is 447 g/mol. The molecule has 1 aliphatic heterocycles. The van der Waals surface area contributed by atoms with E-state index in [4.69, 9.17) is 22.1 Å². The fourth-order valence-electron chi connectivity index (χ4n) is 4.34. The molecule has 1 saturated heterocycles. The minimum Gasteiger partial charge on any atom is -0.497 e. The number of benzene rings is 2. The van der Waals surface area contributed by atoms with Crippen LogP contribution in [0.2, 0.25) is 0 Å². The van der Waals surface area contributed by atoms with Gasteiger partial charge in [-0.3, -0.25) is 4.79 Å². The Balaban J connectivity index is 1.61. The zero-order valence-corrected chi connectivity index (χ0v) is 20.2. The Labute approximate surface area is 199 Å². The van der Waals surface area contributed by atoms with Crippen LogP contribution in [0.25, 0.3) is 6.08 Å². The van der Waals surface area contributed by atoms with Crippen molar-refractivity contribution in [2.45, 2.75) is 38.7 Å². The number of carbonyl (C=O) groups excluding carboxylic acids is 1. The summed E-state index contributed by atoms with van der Waals surface area (Å²) in [6.07, 6.45) is 7.19. The van der Waals surface area contributed by atoms with Crippen LogP contribution in [-0.2, 0) is 9.53 Å². The zero-order chi connectivity index (χ0) is 23.8. The van der Waals surface area contributed by atoms with Gasteiger partial charge in [0.1, 0.15) is 25.4 Å². The Bertz CT molecular complexity index is 943. The van der Waals surface area contributed by atoms with Crippen molar-refractivity contribution >= 4 is 30.9 Å². The third kappa shape index (κ3) is 6.41. The number of anilines is 1. The van der Waals surface area contributed by atoms with Crippen molar-refractivity contribution in [3.05, 3.63) is 53.6 Å². The molecule has 2 aromatic carbocycles. The first-order valence-electron chi connectivity index (χ1n) is 11.5. The second-order valence-corrected chi connectivity index (χ2v) is 8.66. The molecule has 1 aliphatic rings. The van der Waals surface area contributed by atoms with Crippen molar-refractivity contribution in [1.29, 1.82) is 0 Å². The molecule has 5 nitrogen and oxygen atoms in total. The van der Waals surface area contributed by atoms with E-state index in [0.29, 0.717) is 23.4 Å². The van der Waals surface area contributed by atoms with E-state index in [1.165, 1.54) is 18.5 Å². The zero-order valence-electron chi connectivity index (χ0n) is 20.2. The van der Waals surface area contributed by atoms with Crippen LogP contribution >= 0.6 is 0 Å². The molecule has 0 aliphatic carbocycles. The quantitative estimate of drug-likeness (QED) is 0.476. The molecular weight excluding hydrogens is 413 g/mol. The molecule has 6 heteroatoms. The lowest BCUT2D eigenvalue weighted by atomic mass is 9.91. The first kappa shape index (κ1) is 24.9. The molecule has 33 heavy (non-hydrogen) atoms. The van der Waals surface area contributed by atoms with Crippen LogP contribution < -0.4 is 19.8 Å². The van der Waals surface area contributed by atoms with E-state index in [-0.39, 0.29) is 11.7 Å². The maximum Gasteiger partial charge on any atom is 0.166 e. The number of ketones is 1. The van der Waals surface area contributed by atoms with Gasteiger partial charge in [0, 0.05) is 32.3 Å². The van der Waals surface area contributed by atoms with E-state index in [9.17, 15) is 4.79 Å². The Kier molecular flexibility index (Phi) is 9.01. The second-order valence-electron chi connectivity index (χ2n) is 8.66. The number of hydrogen-bond acceptors (Lipinski definition) is 5. The molecule has 2 aromatic rings. The van der Waals surface area contributed by atoms with Gasteiger partial charge in [0.2, 0.25) is 0 Å². The minimum atomic E-state index is -0.537. The smallest absolute Gasteiger partial charge is 0.166 e. The fourth-order valence-corrected chi connectivity index (χ4v) is 4.34. The van der Waals surface area contributed by atoms with E-state index in [1.807, 2.05) is 30.3 Å². The second kappa shape index (κ2) is 11.9. The molecule has 3 rings (SSSR count). The maximum atomic E-state index is 13.0. The number of allylic oxidation sites excluding steroid dienone is 1. The largest absolute Gasteiger partial charge is 0.497 e. The summed E-state index contributed by atoms with van der Waals surface area (Å²) in [5, 5.41) is 0. The summed E-state index contributed by atoms with van der Waals surface area (Å²) in [6, 6.07) is 12.0. The van der Waals surface area contributed by atoms with Crippen LogP contribution in [0.4, 0.5) is 5.69 Å². The van der Waals surface area contributed by atoms with Crippen molar-refractivity contribution in [2.75, 3.05) is 39.3 Å². The van der Waals surface area contributed by atoms with Gasteiger partial charge in [-0.2, -0.15) is 0 Å². The highest BCUT2D eigenvalue weighted by molar-refractivity contribution is 6.36. The van der Waals surface area contributed by atoms with Crippen molar-refractivity contribution < 1.29 is 19.0 Å². The molecule has 1 fully saturated rings. The number of ether oxygens (including phenoxy) is 3. The fraction of sp³-hybridized carbons (Fsp3) is 0.444. The van der Waals surface area contributed by atoms with E-state index < -0.39 is 6.10 Å². The Morgan fingerprint density at radius 3 is 2.36 bits per heavy atom. The first-order chi connectivity index (χ1) is 16.0. The van der Waals surface area contributed by atoms with Crippen LogP contribution in [0.15, 0.2) is 42.5 Å². The van der Waals surface area contributed by atoms with Crippen molar-refractivity contribution in [3.63, 3.8) is 0 Å². The molecule has 0 bridgehead atoms. The summed E-state index contributed by atoms with van der Waals surface area (Å²) in [6.45, 7) is 4.23. The van der Waals surface area contributed by atoms with Crippen molar-refractivity contribution in [3.8, 4) is 11.5 Å². The summed E-state index contributed by atoms with van der Waals surface area (Å²) in [7, 11) is 10.8. The van der Waals surface area contributed by atoms with Gasteiger partial charge < -0.3 is 19.1 Å². The lowest BCUT2D eigenvalue weighted by Gasteiger charge is -2.21. The third-order valence-electron chi connectivity index (χ3n) is 6.14. The van der Waals surface area contributed by atoms with Crippen LogP contribution in [0, 0.1) is 5.92 Å². The Morgan fingerprint density at radius 2 is 1.76 bits per heavy atom. The van der Waals surface area contributed by atoms with Crippen LogP contribution in [0.1, 0.15) is 49.8 Å². The standard InChI is InChI=1S/C27H34BNO4/c1-19(9-7-10-20-16-24(31-2)26(28)25(17-20)32-3)15-23(30)27(33-4)21-11-8-12-22(18-21)29-13-5-6-14-29/h7-8,10-12,16-19,27H,5-6,9,13-15H2,1-4H3. The van der Waals surface area contributed by atoms with E-state index >= 15 is 0 Å². The van der Waals surface area contributed by atoms with Gasteiger partial charge in [0.25, 0.3) is 0 Å². The Hall–Kier alpha value is -2.73. The van der Waals surface area contributed by atoms with E-state index in [0.717, 1.165) is 30.6 Å². The summed E-state index contributed by atoms with van der Waals surface area (Å²) in [5.41, 5.74) is 3.52. The normalized spacial score (nSPS) is 15.6. The molecule has 2 unspecified atom stereocenters. The van der Waals surface area contributed by atoms with E-state index in [2.05, 4.69) is 30.0 Å². The molecule has 0 spiro atoms. The SMILES string of the molecule is [B]c1c(OC)cc(C=CCC(C)CC(=O)C(OC)c2cccc(N3CCCC3)c2)cc1OC. The molecule has 2 atom stereocenters. The van der Waals surface area contributed by atoms with Gasteiger partial charge in [-0.25, -0.2) is 0 Å². The molecule has 174 valence electrons. The molecule has 0 N–H and O–H groups in total. The highest BCUT2D eigenvalue weighted by Gasteiger charge is 2.23. The third-order valence-corrected chi connectivity index (χ3v) is 6.14. The number of rotatable bonds is 11. The predicted octanol–water partition coefficient (Wildman–Crippen LogP) is 4.48. The van der Waals surface area contributed by atoms with Crippen LogP contribution in [0.5, 0.6) is 11.5 Å². The number of Topliss-reactive ketones (excluding diaryl/α,β-unsaturated/α-hetero) is 1. The van der Waals surface area contributed by atoms with Gasteiger partial charge in [-0.1, -0.05) is 31.2 Å². The molecule has 1 heterocycles. The summed E-state index contributed by atoms with van der Waals surface area (Å²) < 4.78 is 16.3. The number of methoxy groups -OCH3 is 3. The monoisotopic (exact) mass is 447 g/mol. The molecule has 0 saturated carbocycles. The maximum absolute atomic E-state index is 13.0. The van der Waals surface area contributed by atoms with Crippen molar-refractivity contribution in [2.24, 2.45) is 5.92 Å². The van der Waals surface area contributed by atoms with Gasteiger partial charge in [-0.15, -0.1) is 0 Å². The van der Waals surface area contributed by atoms with Crippen LogP contribution in [-0.4, -0.2) is 48.0 Å².